The van der Waals surface area contributed by atoms with Crippen molar-refractivity contribution in [1.82, 2.24) is 5.32 Å². The molecule has 0 radical (unpaired) electrons. The van der Waals surface area contributed by atoms with E-state index in [1.54, 1.807) is 0 Å². The molecule has 6 nitrogen and oxygen atoms in total. The van der Waals surface area contributed by atoms with Crippen molar-refractivity contribution in [3.63, 3.8) is 0 Å². The molecule has 130 valence electrons. The van der Waals surface area contributed by atoms with Crippen molar-refractivity contribution in [3.8, 4) is 0 Å². The summed E-state index contributed by atoms with van der Waals surface area (Å²) in [6.07, 6.45) is 3.05. The molecule has 1 aliphatic heterocycles. The maximum Gasteiger partial charge on any atom is 0.240 e. The number of nitrogens with one attached hydrogen (secondary N) is 2. The number of nitrogens with two attached hydrogens (primary N) is 1. The van der Waals surface area contributed by atoms with Gasteiger partial charge in [-0.1, -0.05) is 12.1 Å². The van der Waals surface area contributed by atoms with E-state index in [1.165, 1.54) is 0 Å². The molecule has 1 atom stereocenters. The van der Waals surface area contributed by atoms with Gasteiger partial charge in [-0.05, 0) is 50.3 Å². The Morgan fingerprint density at radius 3 is 2.42 bits per heavy atom. The molecule has 6 heteroatoms. The molecule has 1 unspecified atom stereocenters. The van der Waals surface area contributed by atoms with Crippen molar-refractivity contribution in [1.29, 1.82) is 0 Å². The van der Waals surface area contributed by atoms with Gasteiger partial charge in [-0.15, -0.1) is 0 Å². The van der Waals surface area contributed by atoms with E-state index >= 15 is 0 Å². The summed E-state index contributed by atoms with van der Waals surface area (Å²) in [6.45, 7) is 2.97. The topological polar surface area (TPSA) is 93.5 Å². The van der Waals surface area contributed by atoms with Crippen LogP contribution in [-0.2, 0) is 14.3 Å². The van der Waals surface area contributed by atoms with E-state index in [0.29, 0.717) is 26.1 Å². The van der Waals surface area contributed by atoms with Gasteiger partial charge in [0.25, 0.3) is 0 Å². The van der Waals surface area contributed by atoms with Crippen molar-refractivity contribution >= 4 is 17.5 Å². The third kappa shape index (κ3) is 3.94. The van der Waals surface area contributed by atoms with Gasteiger partial charge in [0.2, 0.25) is 11.8 Å². The fourth-order valence-electron chi connectivity index (χ4n) is 2.83. The zero-order valence-corrected chi connectivity index (χ0v) is 14.0. The van der Waals surface area contributed by atoms with Crippen molar-refractivity contribution < 1.29 is 14.3 Å². The molecular formula is C18H25N3O3. The minimum Gasteiger partial charge on any atom is -0.381 e. The van der Waals surface area contributed by atoms with E-state index in [0.717, 1.165) is 24.1 Å². The molecule has 2 amide bonds. The maximum atomic E-state index is 12.4. The van der Waals surface area contributed by atoms with Gasteiger partial charge in [-0.2, -0.15) is 0 Å². The number of hydrogen-bond acceptors (Lipinski definition) is 4. The van der Waals surface area contributed by atoms with Crippen LogP contribution in [0.4, 0.5) is 5.69 Å². The van der Waals surface area contributed by atoms with Crippen LogP contribution in [0, 0.1) is 5.92 Å². The van der Waals surface area contributed by atoms with E-state index in [4.69, 9.17) is 10.5 Å². The van der Waals surface area contributed by atoms with Gasteiger partial charge in [0.15, 0.2) is 0 Å². The predicted molar refractivity (Wildman–Crippen MR) is 91.3 cm³/mol. The van der Waals surface area contributed by atoms with E-state index in [2.05, 4.69) is 10.6 Å². The molecule has 1 saturated heterocycles. The van der Waals surface area contributed by atoms with Gasteiger partial charge in [0.05, 0.1) is 11.6 Å². The standard InChI is InChI=1S/C18H25N3O3/c1-12(20-17(23)18(19)8-10-24-11-9-18)13-4-6-15(7-5-13)21-16(22)14-2-3-14/h4-7,12,14H,2-3,8-11,19H2,1H3,(H,20,23)(H,21,22). The minimum absolute atomic E-state index is 0.0914. The molecule has 1 saturated carbocycles. The van der Waals surface area contributed by atoms with Gasteiger partial charge in [-0.25, -0.2) is 0 Å². The number of carbonyl (C=O) groups excluding carboxylic acids is 2. The van der Waals surface area contributed by atoms with Crippen molar-refractivity contribution in [3.05, 3.63) is 29.8 Å². The molecule has 1 heterocycles. The van der Waals surface area contributed by atoms with Gasteiger partial charge in [0.1, 0.15) is 0 Å². The number of ether oxygens (including phenoxy) is 1. The Kier molecular flexibility index (Phi) is 4.87. The zero-order chi connectivity index (χ0) is 17.2. The predicted octanol–water partition coefficient (Wildman–Crippen LogP) is 1.72. The molecule has 2 aliphatic rings. The number of anilines is 1. The molecule has 24 heavy (non-hydrogen) atoms. The number of carbonyl (C=O) groups is 2. The Morgan fingerprint density at radius 2 is 1.83 bits per heavy atom. The van der Waals surface area contributed by atoms with E-state index in [1.807, 2.05) is 31.2 Å². The van der Waals surface area contributed by atoms with E-state index in [9.17, 15) is 9.59 Å². The molecular weight excluding hydrogens is 306 g/mol. The normalized spacial score (nSPS) is 20.9. The quantitative estimate of drug-likeness (QED) is 0.766. The van der Waals surface area contributed by atoms with Crippen LogP contribution in [0.3, 0.4) is 0 Å². The van der Waals surface area contributed by atoms with Crippen molar-refractivity contribution in [2.45, 2.75) is 44.2 Å². The average molecular weight is 331 g/mol. The second kappa shape index (κ2) is 6.91. The number of benzene rings is 1. The van der Waals surface area contributed by atoms with Gasteiger partial charge < -0.3 is 21.1 Å². The highest BCUT2D eigenvalue weighted by Gasteiger charge is 2.36. The number of amides is 2. The monoisotopic (exact) mass is 331 g/mol. The molecule has 0 spiro atoms. The Bertz CT molecular complexity index is 604. The third-order valence-electron chi connectivity index (χ3n) is 4.81. The number of rotatable bonds is 5. The summed E-state index contributed by atoms with van der Waals surface area (Å²) in [4.78, 5) is 24.2. The lowest BCUT2D eigenvalue weighted by molar-refractivity contribution is -0.130. The van der Waals surface area contributed by atoms with Crippen LogP contribution in [0.2, 0.25) is 0 Å². The summed E-state index contributed by atoms with van der Waals surface area (Å²) in [5, 5.41) is 5.90. The largest absolute Gasteiger partial charge is 0.381 e. The van der Waals surface area contributed by atoms with Crippen LogP contribution in [0.5, 0.6) is 0 Å². The zero-order valence-electron chi connectivity index (χ0n) is 14.0. The SMILES string of the molecule is CC(NC(=O)C1(N)CCOCC1)c1ccc(NC(=O)C2CC2)cc1. The molecule has 0 bridgehead atoms. The van der Waals surface area contributed by atoms with Crippen LogP contribution in [0.25, 0.3) is 0 Å². The lowest BCUT2D eigenvalue weighted by Crippen LogP contribution is -2.57. The first kappa shape index (κ1) is 16.9. The number of hydrogen-bond donors (Lipinski definition) is 3. The molecule has 2 fully saturated rings. The lowest BCUT2D eigenvalue weighted by atomic mass is 9.90. The smallest absolute Gasteiger partial charge is 0.240 e. The minimum atomic E-state index is -0.843. The molecule has 1 aromatic rings. The Labute approximate surface area is 142 Å². The Morgan fingerprint density at radius 1 is 1.21 bits per heavy atom. The first-order valence-electron chi connectivity index (χ1n) is 8.56. The van der Waals surface area contributed by atoms with Gasteiger partial charge in [0, 0.05) is 24.8 Å². The molecule has 0 aromatic heterocycles. The lowest BCUT2D eigenvalue weighted by Gasteiger charge is -2.33. The van der Waals surface area contributed by atoms with E-state index in [-0.39, 0.29) is 23.8 Å². The first-order valence-corrected chi connectivity index (χ1v) is 8.56. The maximum absolute atomic E-state index is 12.4. The van der Waals surface area contributed by atoms with E-state index < -0.39 is 5.54 Å². The van der Waals surface area contributed by atoms with Crippen LogP contribution < -0.4 is 16.4 Å². The van der Waals surface area contributed by atoms with Gasteiger partial charge in [-0.3, -0.25) is 9.59 Å². The summed E-state index contributed by atoms with van der Waals surface area (Å²) in [7, 11) is 0. The molecule has 1 aliphatic carbocycles. The summed E-state index contributed by atoms with van der Waals surface area (Å²) in [6, 6.07) is 7.42. The molecule has 3 rings (SSSR count). The van der Waals surface area contributed by atoms with Crippen LogP contribution in [0.15, 0.2) is 24.3 Å². The Hall–Kier alpha value is -1.92. The van der Waals surface area contributed by atoms with Crippen LogP contribution in [-0.4, -0.2) is 30.6 Å². The average Bonchev–Trinajstić information content (AvgIpc) is 3.41. The third-order valence-corrected chi connectivity index (χ3v) is 4.81. The Balaban J connectivity index is 1.57. The summed E-state index contributed by atoms with van der Waals surface area (Å²) in [5.41, 5.74) is 7.12. The van der Waals surface area contributed by atoms with Crippen LogP contribution >= 0.6 is 0 Å². The summed E-state index contributed by atoms with van der Waals surface area (Å²) < 4.78 is 5.28. The molecule has 1 aromatic carbocycles. The highest BCUT2D eigenvalue weighted by atomic mass is 16.5. The fourth-order valence-corrected chi connectivity index (χ4v) is 2.83. The summed E-state index contributed by atoms with van der Waals surface area (Å²) in [5.74, 6) is 0.140. The molecule has 4 N–H and O–H groups in total. The van der Waals surface area contributed by atoms with Crippen LogP contribution in [0.1, 0.15) is 44.2 Å². The highest BCUT2D eigenvalue weighted by molar-refractivity contribution is 5.94. The second-order valence-corrected chi connectivity index (χ2v) is 6.85. The highest BCUT2D eigenvalue weighted by Crippen LogP contribution is 2.30. The van der Waals surface area contributed by atoms with Crippen molar-refractivity contribution in [2.24, 2.45) is 11.7 Å². The van der Waals surface area contributed by atoms with Gasteiger partial charge >= 0.3 is 0 Å². The van der Waals surface area contributed by atoms with Crippen molar-refractivity contribution in [2.75, 3.05) is 18.5 Å². The first-order chi connectivity index (χ1) is 11.5. The second-order valence-electron chi connectivity index (χ2n) is 6.85. The summed E-state index contributed by atoms with van der Waals surface area (Å²) >= 11 is 0. The fraction of sp³-hybridized carbons (Fsp3) is 0.556.